The van der Waals surface area contributed by atoms with E-state index in [0.29, 0.717) is 30.3 Å². The molecule has 1 aromatic carbocycles. The van der Waals surface area contributed by atoms with Crippen molar-refractivity contribution in [2.75, 3.05) is 25.1 Å². The molecule has 1 fully saturated rings. The number of pyridine rings is 1. The molecule has 27 heavy (non-hydrogen) atoms. The van der Waals surface area contributed by atoms with Crippen molar-refractivity contribution in [1.82, 2.24) is 10.3 Å². The van der Waals surface area contributed by atoms with E-state index in [2.05, 4.69) is 21.3 Å². The van der Waals surface area contributed by atoms with Crippen molar-refractivity contribution in [1.29, 1.82) is 0 Å². The average molecular weight is 368 g/mol. The van der Waals surface area contributed by atoms with E-state index in [4.69, 9.17) is 10.5 Å². The summed E-state index contributed by atoms with van der Waals surface area (Å²) in [5.74, 6) is 0.280. The van der Waals surface area contributed by atoms with Gasteiger partial charge in [-0.05, 0) is 42.7 Å². The van der Waals surface area contributed by atoms with E-state index in [-0.39, 0.29) is 11.9 Å². The Morgan fingerprint density at radius 1 is 1.33 bits per heavy atom. The van der Waals surface area contributed by atoms with E-state index in [1.807, 2.05) is 18.5 Å². The number of halogens is 1. The third kappa shape index (κ3) is 3.37. The standard InChI is InChI=1S/C21H25FN4O/c1-27-20-6-2-5-17(22)21(20)14-10-19(24-12-14)18-8-7-16(13-25-18)26-9-3-4-15(26)11-23/h2,5-8,12-13,15,19,24H,3-4,9-11,23H2,1H3. The van der Waals surface area contributed by atoms with Gasteiger partial charge in [0.15, 0.2) is 0 Å². The first-order chi connectivity index (χ1) is 13.2. The van der Waals surface area contributed by atoms with E-state index in [1.54, 1.807) is 19.2 Å². The summed E-state index contributed by atoms with van der Waals surface area (Å²) in [4.78, 5) is 7.00. The van der Waals surface area contributed by atoms with Gasteiger partial charge in [-0.3, -0.25) is 4.98 Å². The molecule has 2 atom stereocenters. The van der Waals surface area contributed by atoms with Gasteiger partial charge < -0.3 is 20.7 Å². The number of nitrogens with two attached hydrogens (primary N) is 1. The van der Waals surface area contributed by atoms with E-state index >= 15 is 0 Å². The topological polar surface area (TPSA) is 63.4 Å². The fraction of sp³-hybridized carbons (Fsp3) is 0.381. The zero-order valence-corrected chi connectivity index (χ0v) is 15.5. The lowest BCUT2D eigenvalue weighted by Gasteiger charge is -2.25. The number of nitrogens with one attached hydrogen (secondary N) is 1. The zero-order chi connectivity index (χ0) is 18.8. The molecule has 2 aliphatic heterocycles. The first-order valence-corrected chi connectivity index (χ1v) is 9.42. The molecule has 0 saturated carbocycles. The Labute approximate surface area is 159 Å². The predicted octanol–water partition coefficient (Wildman–Crippen LogP) is 3.23. The minimum Gasteiger partial charge on any atom is -0.496 e. The molecule has 6 heteroatoms. The lowest BCUT2D eigenvalue weighted by atomic mass is 9.99. The van der Waals surface area contributed by atoms with Crippen molar-refractivity contribution in [3.05, 3.63) is 59.8 Å². The first kappa shape index (κ1) is 17.8. The highest BCUT2D eigenvalue weighted by molar-refractivity contribution is 5.73. The highest BCUT2D eigenvalue weighted by Gasteiger charge is 2.26. The van der Waals surface area contributed by atoms with Crippen LogP contribution < -0.4 is 20.7 Å². The average Bonchev–Trinajstić information content (AvgIpc) is 3.37. The molecule has 142 valence electrons. The Kier molecular flexibility index (Phi) is 4.99. The molecule has 0 amide bonds. The van der Waals surface area contributed by atoms with E-state index in [1.165, 1.54) is 12.5 Å². The van der Waals surface area contributed by atoms with Crippen LogP contribution in [-0.4, -0.2) is 31.2 Å². The van der Waals surface area contributed by atoms with E-state index in [9.17, 15) is 4.39 Å². The molecule has 0 aliphatic carbocycles. The fourth-order valence-corrected chi connectivity index (χ4v) is 4.08. The third-order valence-corrected chi connectivity index (χ3v) is 5.51. The molecule has 0 spiro atoms. The number of rotatable bonds is 5. The minimum absolute atomic E-state index is 0.0299. The molecule has 2 aromatic rings. The summed E-state index contributed by atoms with van der Waals surface area (Å²) >= 11 is 0. The summed E-state index contributed by atoms with van der Waals surface area (Å²) in [6.07, 6.45) is 6.77. The summed E-state index contributed by atoms with van der Waals surface area (Å²) in [6, 6.07) is 9.50. The van der Waals surface area contributed by atoms with Gasteiger partial charge in [0.2, 0.25) is 0 Å². The molecule has 1 saturated heterocycles. The summed E-state index contributed by atoms with van der Waals surface area (Å²) in [6.45, 7) is 1.70. The Balaban J connectivity index is 1.49. The van der Waals surface area contributed by atoms with E-state index in [0.717, 1.165) is 29.9 Å². The zero-order valence-electron chi connectivity index (χ0n) is 15.5. The van der Waals surface area contributed by atoms with Crippen molar-refractivity contribution in [3.63, 3.8) is 0 Å². The second kappa shape index (κ2) is 7.56. The van der Waals surface area contributed by atoms with Gasteiger partial charge in [0, 0.05) is 31.8 Å². The van der Waals surface area contributed by atoms with Crippen LogP contribution in [0.3, 0.4) is 0 Å². The molecule has 5 nitrogen and oxygen atoms in total. The van der Waals surface area contributed by atoms with Gasteiger partial charge in [0.05, 0.1) is 36.3 Å². The molecule has 1 aromatic heterocycles. The number of anilines is 1. The van der Waals surface area contributed by atoms with Crippen molar-refractivity contribution in [3.8, 4) is 5.75 Å². The second-order valence-corrected chi connectivity index (χ2v) is 7.08. The highest BCUT2D eigenvalue weighted by atomic mass is 19.1. The smallest absolute Gasteiger partial charge is 0.134 e. The third-order valence-electron chi connectivity index (χ3n) is 5.51. The van der Waals surface area contributed by atoms with Crippen LogP contribution >= 0.6 is 0 Å². The van der Waals surface area contributed by atoms with Crippen LogP contribution in [0.4, 0.5) is 10.1 Å². The summed E-state index contributed by atoms with van der Waals surface area (Å²) in [5.41, 5.74) is 9.36. The molecule has 2 aliphatic rings. The number of ether oxygens (including phenoxy) is 1. The van der Waals surface area contributed by atoms with E-state index < -0.39 is 0 Å². The number of aromatic nitrogens is 1. The molecule has 3 N–H and O–H groups in total. The Hall–Kier alpha value is -2.60. The lowest BCUT2D eigenvalue weighted by molar-refractivity contribution is 0.409. The predicted molar refractivity (Wildman–Crippen MR) is 105 cm³/mol. The van der Waals surface area contributed by atoms with Crippen LogP contribution in [0.2, 0.25) is 0 Å². The van der Waals surface area contributed by atoms with Gasteiger partial charge >= 0.3 is 0 Å². The van der Waals surface area contributed by atoms with Crippen molar-refractivity contribution in [2.24, 2.45) is 5.73 Å². The SMILES string of the molecule is COc1cccc(F)c1C1=CNC(c2ccc(N3CCCC3CN)cn2)C1. The number of methoxy groups -OCH3 is 1. The van der Waals surface area contributed by atoms with Crippen LogP contribution in [0.1, 0.15) is 36.6 Å². The molecular formula is C21H25FN4O. The van der Waals surface area contributed by atoms with Gasteiger partial charge in [-0.25, -0.2) is 4.39 Å². The number of hydrogen-bond acceptors (Lipinski definition) is 5. The molecular weight excluding hydrogens is 343 g/mol. The summed E-state index contributed by atoms with van der Waals surface area (Å²) in [5, 5.41) is 3.33. The molecule has 0 radical (unpaired) electrons. The largest absolute Gasteiger partial charge is 0.496 e. The normalized spacial score (nSPS) is 21.9. The Bertz CT molecular complexity index is 837. The van der Waals surface area contributed by atoms with Crippen LogP contribution in [0.5, 0.6) is 5.75 Å². The van der Waals surface area contributed by atoms with Crippen LogP contribution in [0.25, 0.3) is 5.57 Å². The quantitative estimate of drug-likeness (QED) is 0.848. The molecule has 4 rings (SSSR count). The number of nitrogens with zero attached hydrogens (tertiary/aromatic N) is 2. The fourth-order valence-electron chi connectivity index (χ4n) is 4.08. The maximum atomic E-state index is 14.3. The van der Waals surface area contributed by atoms with Gasteiger partial charge in [0.1, 0.15) is 11.6 Å². The lowest BCUT2D eigenvalue weighted by Crippen LogP contribution is -2.35. The van der Waals surface area contributed by atoms with Crippen LogP contribution in [0.15, 0.2) is 42.7 Å². The second-order valence-electron chi connectivity index (χ2n) is 7.08. The highest BCUT2D eigenvalue weighted by Crippen LogP contribution is 2.37. The minimum atomic E-state index is -0.270. The monoisotopic (exact) mass is 368 g/mol. The summed E-state index contributed by atoms with van der Waals surface area (Å²) < 4.78 is 19.7. The Morgan fingerprint density at radius 3 is 2.96 bits per heavy atom. The van der Waals surface area contributed by atoms with Crippen LogP contribution in [0, 0.1) is 5.82 Å². The van der Waals surface area contributed by atoms with Crippen molar-refractivity contribution in [2.45, 2.75) is 31.3 Å². The van der Waals surface area contributed by atoms with Crippen LogP contribution in [-0.2, 0) is 0 Å². The Morgan fingerprint density at radius 2 is 2.22 bits per heavy atom. The maximum Gasteiger partial charge on any atom is 0.134 e. The van der Waals surface area contributed by atoms with Crippen molar-refractivity contribution >= 4 is 11.3 Å². The molecule has 3 heterocycles. The molecule has 2 unspecified atom stereocenters. The summed E-state index contributed by atoms with van der Waals surface area (Å²) in [7, 11) is 1.56. The number of benzene rings is 1. The van der Waals surface area contributed by atoms with Crippen molar-refractivity contribution < 1.29 is 9.13 Å². The van der Waals surface area contributed by atoms with Gasteiger partial charge in [-0.1, -0.05) is 6.07 Å². The van der Waals surface area contributed by atoms with Gasteiger partial charge in [-0.2, -0.15) is 0 Å². The van der Waals surface area contributed by atoms with Gasteiger partial charge in [-0.15, -0.1) is 0 Å². The number of hydrogen-bond donors (Lipinski definition) is 2. The van der Waals surface area contributed by atoms with Gasteiger partial charge in [0.25, 0.3) is 0 Å². The molecule has 0 bridgehead atoms. The first-order valence-electron chi connectivity index (χ1n) is 9.42. The maximum absolute atomic E-state index is 14.3.